The zero-order valence-corrected chi connectivity index (χ0v) is 8.95. The number of nitrogens with zero attached hydrogens (tertiary/aromatic N) is 3. The molecule has 0 fully saturated rings. The van der Waals surface area contributed by atoms with Crippen molar-refractivity contribution in [1.29, 1.82) is 0 Å². The number of hydrogen-bond acceptors (Lipinski definition) is 3. The summed E-state index contributed by atoms with van der Waals surface area (Å²) in [6.45, 7) is 2.00. The lowest BCUT2D eigenvalue weighted by Crippen LogP contribution is -1.97. The van der Waals surface area contributed by atoms with Crippen LogP contribution in [0.1, 0.15) is 5.69 Å². The van der Waals surface area contributed by atoms with Gasteiger partial charge in [0.1, 0.15) is 4.83 Å². The average molecular weight is 214 g/mol. The molecule has 0 saturated carbocycles. The van der Waals surface area contributed by atoms with E-state index in [1.807, 2.05) is 35.9 Å². The Bertz CT molecular complexity index is 595. The number of fused-ring (bicyclic) bond motifs is 1. The fourth-order valence-electron chi connectivity index (χ4n) is 1.56. The highest BCUT2D eigenvalue weighted by Gasteiger charge is 2.10. The molecule has 0 aliphatic carbocycles. The van der Waals surface area contributed by atoms with E-state index in [-0.39, 0.29) is 0 Å². The molecule has 73 valence electrons. The van der Waals surface area contributed by atoms with Crippen molar-refractivity contribution >= 4 is 21.6 Å². The van der Waals surface area contributed by atoms with Gasteiger partial charge in [-0.25, -0.2) is 9.67 Å². The summed E-state index contributed by atoms with van der Waals surface area (Å²) in [6.07, 6.45) is 1.77. The Morgan fingerprint density at radius 3 is 3.13 bits per heavy atom. The maximum absolute atomic E-state index is 4.46. The number of rotatable bonds is 1. The number of pyridine rings is 1. The molecule has 1 radical (unpaired) electrons. The van der Waals surface area contributed by atoms with Crippen molar-refractivity contribution < 1.29 is 0 Å². The number of thiophene rings is 1. The second-order valence-electron chi connectivity index (χ2n) is 3.27. The topological polar surface area (TPSA) is 30.7 Å². The Morgan fingerprint density at radius 2 is 2.33 bits per heavy atom. The van der Waals surface area contributed by atoms with Crippen LogP contribution in [0.2, 0.25) is 0 Å². The van der Waals surface area contributed by atoms with E-state index in [1.54, 1.807) is 17.5 Å². The van der Waals surface area contributed by atoms with Gasteiger partial charge in [0.25, 0.3) is 0 Å². The van der Waals surface area contributed by atoms with Crippen molar-refractivity contribution in [2.75, 3.05) is 0 Å². The van der Waals surface area contributed by atoms with Crippen LogP contribution in [0.3, 0.4) is 0 Å². The SMILES string of the molecule is Cc1nn(-c2ccccn2)c2s[c]cc12. The fraction of sp³-hybridized carbons (Fsp3) is 0.0909. The molecule has 3 nitrogen and oxygen atoms in total. The smallest absolute Gasteiger partial charge is 0.154 e. The Hall–Kier alpha value is -1.68. The zero-order valence-electron chi connectivity index (χ0n) is 8.14. The van der Waals surface area contributed by atoms with Crippen molar-refractivity contribution in [3.05, 3.63) is 41.5 Å². The fourth-order valence-corrected chi connectivity index (χ4v) is 2.39. The third-order valence-corrected chi connectivity index (χ3v) is 3.11. The molecule has 4 heteroatoms. The summed E-state index contributed by atoms with van der Waals surface area (Å²) in [7, 11) is 0. The molecule has 0 aliphatic rings. The molecule has 0 saturated heterocycles. The van der Waals surface area contributed by atoms with Crippen molar-refractivity contribution in [2.45, 2.75) is 6.92 Å². The minimum absolute atomic E-state index is 0.853. The second kappa shape index (κ2) is 3.17. The summed E-state index contributed by atoms with van der Waals surface area (Å²) in [5.41, 5.74) is 1.02. The van der Waals surface area contributed by atoms with Crippen LogP contribution in [0.4, 0.5) is 0 Å². The van der Waals surface area contributed by atoms with Crippen LogP contribution in [-0.4, -0.2) is 14.8 Å². The molecular formula is C11H8N3S. The van der Waals surface area contributed by atoms with E-state index in [1.165, 1.54) is 0 Å². The van der Waals surface area contributed by atoms with Gasteiger partial charge in [0.15, 0.2) is 5.82 Å². The van der Waals surface area contributed by atoms with E-state index in [4.69, 9.17) is 0 Å². The maximum atomic E-state index is 4.46. The summed E-state index contributed by atoms with van der Waals surface area (Å²) >= 11 is 1.57. The standard InChI is InChI=1S/C11H8N3S/c1-8-9-5-7-15-11(9)14(13-8)10-4-2-3-6-12-10/h2-6H,1H3. The van der Waals surface area contributed by atoms with Crippen molar-refractivity contribution in [3.63, 3.8) is 0 Å². The molecule has 3 aromatic rings. The first kappa shape index (κ1) is 8.61. The first-order chi connectivity index (χ1) is 7.36. The van der Waals surface area contributed by atoms with Crippen molar-refractivity contribution in [3.8, 4) is 5.82 Å². The Labute approximate surface area is 91.0 Å². The molecule has 3 aromatic heterocycles. The number of hydrogen-bond donors (Lipinski definition) is 0. The van der Waals surface area contributed by atoms with Gasteiger partial charge >= 0.3 is 0 Å². The highest BCUT2D eigenvalue weighted by molar-refractivity contribution is 7.16. The molecular weight excluding hydrogens is 206 g/mol. The van der Waals surface area contributed by atoms with E-state index < -0.39 is 0 Å². The van der Waals surface area contributed by atoms with Crippen LogP contribution >= 0.6 is 11.3 Å². The van der Waals surface area contributed by atoms with Gasteiger partial charge in [-0.1, -0.05) is 6.07 Å². The predicted molar refractivity (Wildman–Crippen MR) is 60.3 cm³/mol. The summed E-state index contributed by atoms with van der Waals surface area (Å²) in [4.78, 5) is 5.39. The summed E-state index contributed by atoms with van der Waals surface area (Å²) in [5, 5.41) is 8.74. The molecule has 3 heterocycles. The molecule has 0 aliphatic heterocycles. The zero-order chi connectivity index (χ0) is 10.3. The van der Waals surface area contributed by atoms with Gasteiger partial charge in [0, 0.05) is 17.0 Å². The van der Waals surface area contributed by atoms with E-state index in [2.05, 4.69) is 15.5 Å². The van der Waals surface area contributed by atoms with E-state index in [9.17, 15) is 0 Å². The highest BCUT2D eigenvalue weighted by atomic mass is 32.1. The molecule has 15 heavy (non-hydrogen) atoms. The van der Waals surface area contributed by atoms with E-state index in [0.29, 0.717) is 0 Å². The third-order valence-electron chi connectivity index (χ3n) is 2.29. The van der Waals surface area contributed by atoms with Crippen molar-refractivity contribution in [2.24, 2.45) is 0 Å². The lowest BCUT2D eigenvalue weighted by Gasteiger charge is -1.98. The van der Waals surface area contributed by atoms with Gasteiger partial charge in [0.2, 0.25) is 0 Å². The Morgan fingerprint density at radius 1 is 1.40 bits per heavy atom. The lowest BCUT2D eigenvalue weighted by atomic mass is 10.3. The molecule has 0 aromatic carbocycles. The normalized spacial score (nSPS) is 11.0. The van der Waals surface area contributed by atoms with Crippen LogP contribution in [0, 0.1) is 12.3 Å². The molecule has 0 atom stereocenters. The number of aryl methyl sites for hydroxylation is 1. The molecule has 0 unspecified atom stereocenters. The molecule has 3 rings (SSSR count). The molecule has 0 bridgehead atoms. The quantitative estimate of drug-likeness (QED) is 0.623. The van der Waals surface area contributed by atoms with Crippen LogP contribution < -0.4 is 0 Å². The summed E-state index contributed by atoms with van der Waals surface area (Å²) in [6, 6.07) is 7.79. The Balaban J connectivity index is 2.32. The van der Waals surface area contributed by atoms with Crippen LogP contribution in [-0.2, 0) is 0 Å². The van der Waals surface area contributed by atoms with Gasteiger partial charge in [0.05, 0.1) is 5.69 Å². The minimum Gasteiger partial charge on any atom is -0.237 e. The van der Waals surface area contributed by atoms with Gasteiger partial charge in [-0.05, 0) is 25.1 Å². The molecule has 0 amide bonds. The van der Waals surface area contributed by atoms with Gasteiger partial charge < -0.3 is 0 Å². The van der Waals surface area contributed by atoms with Gasteiger partial charge in [-0.2, -0.15) is 5.10 Å². The number of aromatic nitrogens is 3. The lowest BCUT2D eigenvalue weighted by molar-refractivity contribution is 0.862. The highest BCUT2D eigenvalue weighted by Crippen LogP contribution is 2.25. The van der Waals surface area contributed by atoms with E-state index in [0.717, 1.165) is 21.7 Å². The predicted octanol–water partition coefficient (Wildman–Crippen LogP) is 2.59. The van der Waals surface area contributed by atoms with Crippen LogP contribution in [0.25, 0.3) is 16.0 Å². The second-order valence-corrected chi connectivity index (χ2v) is 4.09. The van der Waals surface area contributed by atoms with Gasteiger partial charge in [-0.3, -0.25) is 0 Å². The van der Waals surface area contributed by atoms with E-state index >= 15 is 0 Å². The summed E-state index contributed by atoms with van der Waals surface area (Å²) < 4.78 is 1.87. The minimum atomic E-state index is 0.853. The average Bonchev–Trinajstić information content (AvgIpc) is 2.84. The summed E-state index contributed by atoms with van der Waals surface area (Å²) in [5.74, 6) is 0.853. The van der Waals surface area contributed by atoms with Crippen LogP contribution in [0.5, 0.6) is 0 Å². The van der Waals surface area contributed by atoms with Crippen molar-refractivity contribution in [1.82, 2.24) is 14.8 Å². The Kier molecular flexibility index (Phi) is 1.82. The van der Waals surface area contributed by atoms with Crippen LogP contribution in [0.15, 0.2) is 30.5 Å². The monoisotopic (exact) mass is 214 g/mol. The first-order valence-electron chi connectivity index (χ1n) is 4.63. The third kappa shape index (κ3) is 1.26. The molecule has 0 N–H and O–H groups in total. The maximum Gasteiger partial charge on any atom is 0.154 e. The first-order valence-corrected chi connectivity index (χ1v) is 5.44. The van der Waals surface area contributed by atoms with Gasteiger partial charge in [-0.15, -0.1) is 11.3 Å². The molecule has 0 spiro atoms. The largest absolute Gasteiger partial charge is 0.237 e.